The fraction of sp³-hybridized carbons (Fsp3) is 0.409. The van der Waals surface area contributed by atoms with Crippen LogP contribution in [0.25, 0.3) is 0 Å². The van der Waals surface area contributed by atoms with Crippen molar-refractivity contribution in [3.8, 4) is 5.75 Å². The van der Waals surface area contributed by atoms with Gasteiger partial charge in [-0.1, -0.05) is 35.3 Å². The molecule has 31 heavy (non-hydrogen) atoms. The van der Waals surface area contributed by atoms with Gasteiger partial charge in [0.05, 0.1) is 21.8 Å². The molecule has 2 aromatic rings. The standard InChI is InChI=1S/C22H27Cl2N3O4/c1-13(26-10-20(28)15-7-18(23)22(25)19(24)8-15)6-14-2-4-16(5-3-14)30-11-17-9-27-21(29)12-31-17/h2-5,7-8,13,17,20,26,28H,6,9-12,25H2,1H3,(H,27,29). The largest absolute Gasteiger partial charge is 0.491 e. The van der Waals surface area contributed by atoms with Crippen molar-refractivity contribution in [1.29, 1.82) is 0 Å². The number of ether oxygens (including phenoxy) is 2. The summed E-state index contributed by atoms with van der Waals surface area (Å²) < 4.78 is 11.1. The van der Waals surface area contributed by atoms with Crippen LogP contribution in [0.3, 0.4) is 0 Å². The molecule has 0 spiro atoms. The summed E-state index contributed by atoms with van der Waals surface area (Å²) in [6, 6.07) is 11.2. The molecule has 1 aliphatic heterocycles. The summed E-state index contributed by atoms with van der Waals surface area (Å²) >= 11 is 12.1. The lowest BCUT2D eigenvalue weighted by Gasteiger charge is -2.23. The summed E-state index contributed by atoms with van der Waals surface area (Å²) in [5.74, 6) is 0.648. The quantitative estimate of drug-likeness (QED) is 0.422. The van der Waals surface area contributed by atoms with E-state index in [1.807, 2.05) is 24.3 Å². The fourth-order valence-corrected chi connectivity index (χ4v) is 3.71. The lowest BCUT2D eigenvalue weighted by atomic mass is 10.1. The van der Waals surface area contributed by atoms with Gasteiger partial charge in [0.1, 0.15) is 25.1 Å². The average molecular weight is 468 g/mol. The van der Waals surface area contributed by atoms with E-state index < -0.39 is 6.10 Å². The molecule has 0 aromatic heterocycles. The van der Waals surface area contributed by atoms with E-state index >= 15 is 0 Å². The first kappa shape index (κ1) is 23.6. The van der Waals surface area contributed by atoms with Crippen LogP contribution in [0.5, 0.6) is 5.75 Å². The molecular formula is C22H27Cl2N3O4. The van der Waals surface area contributed by atoms with Gasteiger partial charge in [0.2, 0.25) is 5.91 Å². The monoisotopic (exact) mass is 467 g/mol. The Morgan fingerprint density at radius 1 is 1.29 bits per heavy atom. The summed E-state index contributed by atoms with van der Waals surface area (Å²) in [7, 11) is 0. The van der Waals surface area contributed by atoms with Crippen molar-refractivity contribution < 1.29 is 19.4 Å². The molecular weight excluding hydrogens is 441 g/mol. The molecule has 1 heterocycles. The number of aliphatic hydroxyl groups is 1. The molecule has 0 saturated carbocycles. The Hall–Kier alpha value is -2.03. The second-order valence-corrected chi connectivity index (χ2v) is 8.43. The molecule has 168 valence electrons. The van der Waals surface area contributed by atoms with Crippen molar-refractivity contribution in [2.45, 2.75) is 31.6 Å². The van der Waals surface area contributed by atoms with Crippen molar-refractivity contribution in [2.24, 2.45) is 0 Å². The van der Waals surface area contributed by atoms with E-state index in [0.717, 1.165) is 17.7 Å². The van der Waals surface area contributed by atoms with Gasteiger partial charge in [-0.2, -0.15) is 0 Å². The maximum absolute atomic E-state index is 11.1. The Bertz CT molecular complexity index is 862. The fourth-order valence-electron chi connectivity index (χ4n) is 3.20. The molecule has 0 aliphatic carbocycles. The molecule has 3 rings (SSSR count). The molecule has 3 unspecified atom stereocenters. The first-order valence-electron chi connectivity index (χ1n) is 10.1. The summed E-state index contributed by atoms with van der Waals surface area (Å²) in [6.07, 6.45) is -0.104. The third-order valence-corrected chi connectivity index (χ3v) is 5.65. The highest BCUT2D eigenvalue weighted by atomic mass is 35.5. The first-order chi connectivity index (χ1) is 14.8. The zero-order chi connectivity index (χ0) is 22.4. The topological polar surface area (TPSA) is 106 Å². The van der Waals surface area contributed by atoms with E-state index in [-0.39, 0.29) is 24.7 Å². The van der Waals surface area contributed by atoms with Crippen LogP contribution in [0.2, 0.25) is 10.0 Å². The van der Waals surface area contributed by atoms with Crippen LogP contribution in [0.15, 0.2) is 36.4 Å². The van der Waals surface area contributed by atoms with Crippen molar-refractivity contribution in [3.63, 3.8) is 0 Å². The van der Waals surface area contributed by atoms with E-state index in [4.69, 9.17) is 38.4 Å². The van der Waals surface area contributed by atoms with Gasteiger partial charge in [-0.05, 0) is 48.7 Å². The lowest BCUT2D eigenvalue weighted by Crippen LogP contribution is -2.45. The van der Waals surface area contributed by atoms with Gasteiger partial charge < -0.3 is 30.9 Å². The SMILES string of the molecule is CC(Cc1ccc(OCC2CNC(=O)CO2)cc1)NCC(O)c1cc(Cl)c(N)c(Cl)c1. The molecule has 9 heteroatoms. The van der Waals surface area contributed by atoms with E-state index in [9.17, 15) is 9.90 Å². The van der Waals surface area contributed by atoms with Gasteiger partial charge in [-0.15, -0.1) is 0 Å². The second kappa shape index (κ2) is 11.0. The number of nitrogen functional groups attached to an aromatic ring is 1. The molecule has 1 saturated heterocycles. The van der Waals surface area contributed by atoms with Crippen molar-refractivity contribution in [1.82, 2.24) is 10.6 Å². The lowest BCUT2D eigenvalue weighted by molar-refractivity contribution is -0.134. The van der Waals surface area contributed by atoms with Crippen LogP contribution >= 0.6 is 23.2 Å². The summed E-state index contributed by atoms with van der Waals surface area (Å²) in [5.41, 5.74) is 7.81. The number of anilines is 1. The first-order valence-corrected chi connectivity index (χ1v) is 10.8. The molecule has 5 N–H and O–H groups in total. The normalized spacial score (nSPS) is 18.3. The number of hydrogen-bond acceptors (Lipinski definition) is 6. The number of rotatable bonds is 9. The van der Waals surface area contributed by atoms with E-state index in [2.05, 4.69) is 17.6 Å². The van der Waals surface area contributed by atoms with Crippen LogP contribution in [0, 0.1) is 0 Å². The minimum absolute atomic E-state index is 0.0744. The van der Waals surface area contributed by atoms with E-state index in [0.29, 0.717) is 41.0 Å². The minimum atomic E-state index is -0.749. The molecule has 3 atom stereocenters. The molecule has 1 amide bonds. The minimum Gasteiger partial charge on any atom is -0.491 e. The molecule has 1 aliphatic rings. The summed E-state index contributed by atoms with van der Waals surface area (Å²) in [4.78, 5) is 11.1. The number of benzene rings is 2. The number of carbonyl (C=O) groups is 1. The number of aliphatic hydroxyl groups excluding tert-OH is 1. The maximum atomic E-state index is 11.1. The third kappa shape index (κ3) is 6.98. The number of nitrogens with one attached hydrogen (secondary N) is 2. The number of morpholine rings is 1. The Morgan fingerprint density at radius 3 is 2.58 bits per heavy atom. The maximum Gasteiger partial charge on any atom is 0.246 e. The number of amides is 1. The van der Waals surface area contributed by atoms with Gasteiger partial charge >= 0.3 is 0 Å². The second-order valence-electron chi connectivity index (χ2n) is 7.62. The van der Waals surface area contributed by atoms with E-state index in [1.54, 1.807) is 12.1 Å². The predicted octanol–water partition coefficient (Wildman–Crippen LogP) is 2.72. The van der Waals surface area contributed by atoms with Crippen LogP contribution in [-0.2, 0) is 16.0 Å². The van der Waals surface area contributed by atoms with Gasteiger partial charge in [0.25, 0.3) is 0 Å². The van der Waals surface area contributed by atoms with Gasteiger partial charge in [0, 0.05) is 19.1 Å². The highest BCUT2D eigenvalue weighted by Gasteiger charge is 2.19. The highest BCUT2D eigenvalue weighted by molar-refractivity contribution is 6.38. The van der Waals surface area contributed by atoms with Crippen molar-refractivity contribution in [2.75, 3.05) is 32.0 Å². The summed E-state index contributed by atoms with van der Waals surface area (Å²) in [5, 5.41) is 17.2. The van der Waals surface area contributed by atoms with Crippen molar-refractivity contribution >= 4 is 34.8 Å². The Balaban J connectivity index is 1.43. The molecule has 2 aromatic carbocycles. The molecule has 7 nitrogen and oxygen atoms in total. The molecule has 0 bridgehead atoms. The number of hydrogen-bond donors (Lipinski definition) is 4. The Labute approximate surface area is 191 Å². The Morgan fingerprint density at radius 2 is 1.97 bits per heavy atom. The number of nitrogens with two attached hydrogens (primary N) is 1. The zero-order valence-electron chi connectivity index (χ0n) is 17.2. The highest BCUT2D eigenvalue weighted by Crippen LogP contribution is 2.31. The van der Waals surface area contributed by atoms with Crippen LogP contribution in [-0.4, -0.2) is 49.5 Å². The average Bonchev–Trinajstić information content (AvgIpc) is 2.76. The zero-order valence-corrected chi connectivity index (χ0v) is 18.7. The van der Waals surface area contributed by atoms with Gasteiger partial charge in [0.15, 0.2) is 0 Å². The van der Waals surface area contributed by atoms with Crippen molar-refractivity contribution in [3.05, 3.63) is 57.6 Å². The third-order valence-electron chi connectivity index (χ3n) is 5.02. The van der Waals surface area contributed by atoms with Crippen LogP contribution < -0.4 is 21.1 Å². The smallest absolute Gasteiger partial charge is 0.246 e. The van der Waals surface area contributed by atoms with Gasteiger partial charge in [-0.25, -0.2) is 0 Å². The summed E-state index contributed by atoms with van der Waals surface area (Å²) in [6.45, 7) is 3.33. The predicted molar refractivity (Wildman–Crippen MR) is 122 cm³/mol. The van der Waals surface area contributed by atoms with Crippen LogP contribution in [0.1, 0.15) is 24.2 Å². The Kier molecular flexibility index (Phi) is 8.40. The van der Waals surface area contributed by atoms with Gasteiger partial charge in [-0.3, -0.25) is 4.79 Å². The van der Waals surface area contributed by atoms with Crippen LogP contribution in [0.4, 0.5) is 5.69 Å². The van der Waals surface area contributed by atoms with E-state index in [1.165, 1.54) is 0 Å². The molecule has 0 radical (unpaired) electrons. The molecule has 1 fully saturated rings. The number of halogens is 2. The number of carbonyl (C=O) groups excluding carboxylic acids is 1.